The molecule has 0 spiro atoms. The molecule has 1 aliphatic heterocycles. The maximum absolute atomic E-state index is 12.9. The number of likely N-dealkylation sites (tertiary alicyclic amines) is 1. The van der Waals surface area contributed by atoms with Crippen molar-refractivity contribution >= 4 is 40.8 Å². The summed E-state index contributed by atoms with van der Waals surface area (Å²) in [5.74, 6) is -0.369. The molecule has 5 rings (SSSR count). The Hall–Kier alpha value is -4.25. The molecule has 1 saturated heterocycles. The molecule has 1 atom stereocenters. The fourth-order valence-corrected chi connectivity index (χ4v) is 6.06. The number of hydrogen-bond acceptors (Lipinski definition) is 8. The van der Waals surface area contributed by atoms with Gasteiger partial charge >= 0.3 is 5.97 Å². The number of rotatable bonds is 9. The average Bonchev–Trinajstić information content (AvgIpc) is 3.04. The van der Waals surface area contributed by atoms with Crippen molar-refractivity contribution in [2.45, 2.75) is 38.8 Å². The quantitative estimate of drug-likeness (QED) is 0.220. The van der Waals surface area contributed by atoms with E-state index < -0.39 is 11.5 Å². The molecule has 4 aromatic rings. The molecule has 0 radical (unpaired) electrons. The van der Waals surface area contributed by atoms with Gasteiger partial charge in [-0.2, -0.15) is 5.10 Å². The molecule has 2 aromatic heterocycles. The van der Waals surface area contributed by atoms with E-state index in [0.29, 0.717) is 52.1 Å². The van der Waals surface area contributed by atoms with Gasteiger partial charge in [-0.1, -0.05) is 66.0 Å². The van der Waals surface area contributed by atoms with Gasteiger partial charge in [-0.25, -0.2) is 9.67 Å². The molecule has 1 N–H and O–H groups in total. The van der Waals surface area contributed by atoms with Crippen molar-refractivity contribution in [3.05, 3.63) is 92.3 Å². The third-order valence-corrected chi connectivity index (χ3v) is 8.55. The van der Waals surface area contributed by atoms with E-state index in [9.17, 15) is 14.4 Å². The Bertz CT molecular complexity index is 1790. The SMILES string of the molecule is CCOC(=O)C1CCCCN1Cc1ccc(-c2cccc(-c3cccc(NC(=O)c4ccnn(C)c4=O)c3Cl)c2Cl)nc1OC. The molecule has 1 fully saturated rings. The van der Waals surface area contributed by atoms with Crippen LogP contribution in [-0.2, 0) is 23.1 Å². The zero-order valence-corrected chi connectivity index (χ0v) is 26.7. The van der Waals surface area contributed by atoms with Crippen molar-refractivity contribution in [1.29, 1.82) is 0 Å². The minimum Gasteiger partial charge on any atom is -0.481 e. The fraction of sp³-hybridized carbons (Fsp3) is 0.303. The van der Waals surface area contributed by atoms with Crippen molar-refractivity contribution in [2.75, 3.05) is 25.6 Å². The van der Waals surface area contributed by atoms with Gasteiger partial charge < -0.3 is 14.8 Å². The number of piperidine rings is 1. The molecule has 3 heterocycles. The second kappa shape index (κ2) is 14.2. The Morgan fingerprint density at radius 2 is 1.73 bits per heavy atom. The summed E-state index contributed by atoms with van der Waals surface area (Å²) in [4.78, 5) is 44.8. The first-order valence-corrected chi connectivity index (χ1v) is 15.3. The number of esters is 1. The van der Waals surface area contributed by atoms with E-state index in [0.717, 1.165) is 36.1 Å². The van der Waals surface area contributed by atoms with E-state index in [1.54, 1.807) is 25.3 Å². The molecule has 1 amide bonds. The van der Waals surface area contributed by atoms with Gasteiger partial charge in [-0.3, -0.25) is 19.3 Å². The van der Waals surface area contributed by atoms with E-state index in [4.69, 9.17) is 37.7 Å². The zero-order chi connectivity index (χ0) is 32.1. The number of methoxy groups -OCH3 is 1. The Kier molecular flexibility index (Phi) is 10.2. The highest BCUT2D eigenvalue weighted by Crippen LogP contribution is 2.41. The smallest absolute Gasteiger partial charge is 0.323 e. The van der Waals surface area contributed by atoms with Crippen LogP contribution in [0.5, 0.6) is 5.88 Å². The van der Waals surface area contributed by atoms with Crippen molar-refractivity contribution in [2.24, 2.45) is 7.05 Å². The Labute approximate surface area is 270 Å². The summed E-state index contributed by atoms with van der Waals surface area (Å²) < 4.78 is 12.1. The molecule has 1 unspecified atom stereocenters. The summed E-state index contributed by atoms with van der Waals surface area (Å²) in [6.07, 6.45) is 4.11. The van der Waals surface area contributed by atoms with E-state index in [1.165, 1.54) is 19.3 Å². The lowest BCUT2D eigenvalue weighted by Crippen LogP contribution is -2.45. The number of aryl methyl sites for hydroxylation is 1. The lowest BCUT2D eigenvalue weighted by Gasteiger charge is -2.34. The number of carbonyl (C=O) groups excluding carboxylic acids is 2. The Balaban J connectivity index is 1.43. The van der Waals surface area contributed by atoms with Crippen molar-refractivity contribution in [1.82, 2.24) is 19.7 Å². The molecule has 0 aliphatic carbocycles. The van der Waals surface area contributed by atoms with E-state index in [1.807, 2.05) is 37.3 Å². The van der Waals surface area contributed by atoms with E-state index in [-0.39, 0.29) is 22.6 Å². The minimum atomic E-state index is -0.605. The van der Waals surface area contributed by atoms with Gasteiger partial charge in [0.15, 0.2) is 0 Å². The van der Waals surface area contributed by atoms with Crippen molar-refractivity contribution < 1.29 is 19.1 Å². The number of amides is 1. The second-order valence-electron chi connectivity index (χ2n) is 10.6. The largest absolute Gasteiger partial charge is 0.481 e. The van der Waals surface area contributed by atoms with Crippen molar-refractivity contribution in [3.63, 3.8) is 0 Å². The van der Waals surface area contributed by atoms with Gasteiger partial charge in [0.25, 0.3) is 11.5 Å². The van der Waals surface area contributed by atoms with E-state index in [2.05, 4.69) is 15.3 Å². The summed E-state index contributed by atoms with van der Waals surface area (Å²) in [6.45, 7) is 3.43. The number of pyridine rings is 1. The van der Waals surface area contributed by atoms with Crippen LogP contribution in [0.15, 0.2) is 65.6 Å². The molecule has 45 heavy (non-hydrogen) atoms. The maximum Gasteiger partial charge on any atom is 0.323 e. The summed E-state index contributed by atoms with van der Waals surface area (Å²) in [7, 11) is 3.03. The topological polar surface area (TPSA) is 116 Å². The highest BCUT2D eigenvalue weighted by Gasteiger charge is 2.30. The lowest BCUT2D eigenvalue weighted by atomic mass is 9.99. The Morgan fingerprint density at radius 1 is 1.00 bits per heavy atom. The number of hydrogen-bond donors (Lipinski definition) is 1. The van der Waals surface area contributed by atoms with Crippen LogP contribution in [0.25, 0.3) is 22.4 Å². The molecule has 0 bridgehead atoms. The molecular weight excluding hydrogens is 617 g/mol. The van der Waals surface area contributed by atoms with Crippen LogP contribution in [0.3, 0.4) is 0 Å². The third kappa shape index (κ3) is 6.88. The molecular formula is C33H33Cl2N5O5. The monoisotopic (exact) mass is 649 g/mol. The second-order valence-corrected chi connectivity index (χ2v) is 11.3. The van der Waals surface area contributed by atoms with Crippen LogP contribution in [0.2, 0.25) is 10.0 Å². The van der Waals surface area contributed by atoms with Crippen LogP contribution in [0, 0.1) is 0 Å². The van der Waals surface area contributed by atoms with Crippen LogP contribution in [-0.4, -0.2) is 57.8 Å². The zero-order valence-electron chi connectivity index (χ0n) is 25.2. The summed E-state index contributed by atoms with van der Waals surface area (Å²) >= 11 is 13.8. The average molecular weight is 651 g/mol. The molecule has 2 aromatic carbocycles. The number of anilines is 1. The van der Waals surface area contributed by atoms with Crippen LogP contribution in [0.1, 0.15) is 42.1 Å². The predicted molar refractivity (Wildman–Crippen MR) is 174 cm³/mol. The highest BCUT2D eigenvalue weighted by atomic mass is 35.5. The normalized spacial score (nSPS) is 15.0. The van der Waals surface area contributed by atoms with Gasteiger partial charge in [0.1, 0.15) is 11.6 Å². The first-order valence-electron chi connectivity index (χ1n) is 14.6. The van der Waals surface area contributed by atoms with Gasteiger partial charge in [-0.05, 0) is 44.5 Å². The number of carbonyl (C=O) groups is 2. The molecule has 0 saturated carbocycles. The van der Waals surface area contributed by atoms with Gasteiger partial charge in [0, 0.05) is 42.0 Å². The van der Waals surface area contributed by atoms with Crippen LogP contribution < -0.4 is 15.6 Å². The minimum absolute atomic E-state index is 0.0610. The summed E-state index contributed by atoms with van der Waals surface area (Å²) in [6, 6.07) is 15.6. The number of nitrogens with one attached hydrogen (secondary N) is 1. The fourth-order valence-electron chi connectivity index (χ4n) is 5.46. The van der Waals surface area contributed by atoms with E-state index >= 15 is 0 Å². The molecule has 10 nitrogen and oxygen atoms in total. The highest BCUT2D eigenvalue weighted by molar-refractivity contribution is 6.39. The first kappa shape index (κ1) is 32.2. The van der Waals surface area contributed by atoms with Crippen molar-refractivity contribution in [3.8, 4) is 28.3 Å². The number of nitrogens with zero attached hydrogens (tertiary/aromatic N) is 4. The first-order chi connectivity index (χ1) is 21.7. The molecule has 12 heteroatoms. The van der Waals surface area contributed by atoms with Gasteiger partial charge in [0.2, 0.25) is 5.88 Å². The maximum atomic E-state index is 12.9. The summed E-state index contributed by atoms with van der Waals surface area (Å²) in [5.41, 5.74) is 3.05. The number of benzene rings is 2. The third-order valence-electron chi connectivity index (χ3n) is 7.74. The molecule has 234 valence electrons. The summed E-state index contributed by atoms with van der Waals surface area (Å²) in [5, 5.41) is 7.24. The predicted octanol–water partition coefficient (Wildman–Crippen LogP) is 5.99. The van der Waals surface area contributed by atoms with Crippen LogP contribution in [0.4, 0.5) is 5.69 Å². The van der Waals surface area contributed by atoms with Crippen LogP contribution >= 0.6 is 23.2 Å². The Morgan fingerprint density at radius 3 is 2.49 bits per heavy atom. The van der Waals surface area contributed by atoms with Gasteiger partial charge in [0.05, 0.1) is 35.1 Å². The van der Waals surface area contributed by atoms with Gasteiger partial charge in [-0.15, -0.1) is 0 Å². The molecule has 1 aliphatic rings. The lowest BCUT2D eigenvalue weighted by molar-refractivity contribution is -0.151. The number of halogens is 2. The number of aromatic nitrogens is 3. The number of ether oxygens (including phenoxy) is 2. The standard InChI is InChI=1S/C33H33Cl2N5O5/c1-4-45-33(43)27-13-5-6-18-40(27)19-20-14-15-25(38-31(20)44-3)23-11-7-9-21(28(23)34)22-10-8-12-26(29(22)35)37-30(41)24-16-17-36-39(2)32(24)42/h7-12,14-17,27H,4-6,13,18-19H2,1-3H3,(H,37,41).